The zero-order valence-corrected chi connectivity index (χ0v) is 14.7. The van der Waals surface area contributed by atoms with Crippen LogP contribution in [0.2, 0.25) is 0 Å². The van der Waals surface area contributed by atoms with Crippen LogP contribution in [0.1, 0.15) is 38.7 Å². The van der Waals surface area contributed by atoms with E-state index in [0.717, 1.165) is 12.0 Å². The Morgan fingerprint density at radius 3 is 2.43 bits per heavy atom. The molecule has 1 N–H and O–H groups in total. The van der Waals surface area contributed by atoms with Gasteiger partial charge in [-0.15, -0.1) is 0 Å². The lowest BCUT2D eigenvalue weighted by molar-refractivity contribution is -0.126. The summed E-state index contributed by atoms with van der Waals surface area (Å²) in [6.07, 6.45) is 2.09. The number of nitrogens with zero attached hydrogens (tertiary/aromatic N) is 1. The number of carbonyl (C=O) groups is 1. The summed E-state index contributed by atoms with van der Waals surface area (Å²) >= 11 is 0. The lowest BCUT2D eigenvalue weighted by Gasteiger charge is -2.31. The van der Waals surface area contributed by atoms with Crippen LogP contribution in [0.15, 0.2) is 30.3 Å². The normalized spacial score (nSPS) is 18.5. The SMILES string of the molecule is CC[C@H](C)NC(=O)C1CCN(S(=O)(=O)Cc2ccccc2)CC1. The molecule has 0 radical (unpaired) electrons. The number of rotatable bonds is 6. The molecule has 1 amide bonds. The number of amides is 1. The van der Waals surface area contributed by atoms with Crippen molar-refractivity contribution < 1.29 is 13.2 Å². The van der Waals surface area contributed by atoms with Crippen LogP contribution in [-0.4, -0.2) is 37.8 Å². The summed E-state index contributed by atoms with van der Waals surface area (Å²) in [5.74, 6) is 0.00373. The van der Waals surface area contributed by atoms with Crippen LogP contribution in [0.4, 0.5) is 0 Å². The van der Waals surface area contributed by atoms with Crippen molar-refractivity contribution in [2.24, 2.45) is 5.92 Å². The van der Waals surface area contributed by atoms with Crippen molar-refractivity contribution in [3.05, 3.63) is 35.9 Å². The van der Waals surface area contributed by atoms with Crippen molar-refractivity contribution in [3.63, 3.8) is 0 Å². The summed E-state index contributed by atoms with van der Waals surface area (Å²) < 4.78 is 26.5. The fourth-order valence-corrected chi connectivity index (χ4v) is 4.30. The summed E-state index contributed by atoms with van der Waals surface area (Å²) in [5.41, 5.74) is 0.795. The number of piperidine rings is 1. The number of hydrogen-bond acceptors (Lipinski definition) is 3. The first-order chi connectivity index (χ1) is 10.9. The Morgan fingerprint density at radius 1 is 1.26 bits per heavy atom. The molecule has 1 heterocycles. The number of hydrogen-bond donors (Lipinski definition) is 1. The van der Waals surface area contributed by atoms with Crippen molar-refractivity contribution in [2.75, 3.05) is 13.1 Å². The fraction of sp³-hybridized carbons (Fsp3) is 0.588. The molecule has 23 heavy (non-hydrogen) atoms. The van der Waals surface area contributed by atoms with E-state index in [-0.39, 0.29) is 23.6 Å². The Morgan fingerprint density at radius 2 is 1.87 bits per heavy atom. The third kappa shape index (κ3) is 5.04. The highest BCUT2D eigenvalue weighted by Gasteiger charge is 2.31. The Hall–Kier alpha value is -1.40. The van der Waals surface area contributed by atoms with E-state index in [1.54, 1.807) is 0 Å². The zero-order valence-electron chi connectivity index (χ0n) is 13.9. The maximum Gasteiger partial charge on any atom is 0.223 e. The Kier molecular flexibility index (Phi) is 6.18. The minimum absolute atomic E-state index is 0.0254. The van der Waals surface area contributed by atoms with Gasteiger partial charge >= 0.3 is 0 Å². The average Bonchev–Trinajstić information content (AvgIpc) is 2.55. The lowest BCUT2D eigenvalue weighted by Crippen LogP contribution is -2.44. The highest BCUT2D eigenvalue weighted by molar-refractivity contribution is 7.88. The Labute approximate surface area is 139 Å². The summed E-state index contributed by atoms with van der Waals surface area (Å²) in [4.78, 5) is 12.1. The van der Waals surface area contributed by atoms with E-state index in [0.29, 0.717) is 25.9 Å². The minimum atomic E-state index is -3.31. The molecule has 1 fully saturated rings. The third-order valence-corrected chi connectivity index (χ3v) is 6.26. The minimum Gasteiger partial charge on any atom is -0.353 e. The molecular weight excluding hydrogens is 312 g/mol. The Bertz CT molecular complexity index is 608. The van der Waals surface area contributed by atoms with Crippen LogP contribution in [0, 0.1) is 5.92 Å². The Balaban J connectivity index is 1.89. The molecule has 128 valence electrons. The van der Waals surface area contributed by atoms with Crippen LogP contribution >= 0.6 is 0 Å². The zero-order chi connectivity index (χ0) is 16.9. The molecule has 1 aliphatic heterocycles. The molecule has 0 unspecified atom stereocenters. The topological polar surface area (TPSA) is 66.5 Å². The van der Waals surface area contributed by atoms with E-state index < -0.39 is 10.0 Å². The second-order valence-electron chi connectivity index (χ2n) is 6.23. The van der Waals surface area contributed by atoms with E-state index in [2.05, 4.69) is 5.32 Å². The standard InChI is InChI=1S/C17H26N2O3S/c1-3-14(2)18-17(20)16-9-11-19(12-10-16)23(21,22)13-15-7-5-4-6-8-15/h4-8,14,16H,3,9-13H2,1-2H3,(H,18,20)/t14-/m0/s1. The predicted octanol–water partition coefficient (Wildman–Crippen LogP) is 2.14. The second-order valence-corrected chi connectivity index (χ2v) is 8.20. The molecule has 5 nitrogen and oxygen atoms in total. The van der Waals surface area contributed by atoms with Gasteiger partial charge in [0.05, 0.1) is 5.75 Å². The van der Waals surface area contributed by atoms with Gasteiger partial charge in [-0.1, -0.05) is 37.3 Å². The summed E-state index contributed by atoms with van der Waals surface area (Å²) in [6, 6.07) is 9.38. The summed E-state index contributed by atoms with van der Waals surface area (Å²) in [7, 11) is -3.31. The number of benzene rings is 1. The highest BCUT2D eigenvalue weighted by Crippen LogP contribution is 2.22. The van der Waals surface area contributed by atoms with Crippen LogP contribution in [0.25, 0.3) is 0 Å². The molecule has 0 aromatic heterocycles. The largest absolute Gasteiger partial charge is 0.353 e. The molecule has 1 aliphatic rings. The van der Waals surface area contributed by atoms with E-state index in [1.165, 1.54) is 4.31 Å². The highest BCUT2D eigenvalue weighted by atomic mass is 32.2. The van der Waals surface area contributed by atoms with Gasteiger partial charge in [0.2, 0.25) is 15.9 Å². The fourth-order valence-electron chi connectivity index (χ4n) is 2.74. The predicted molar refractivity (Wildman–Crippen MR) is 91.3 cm³/mol. The van der Waals surface area contributed by atoms with Gasteiger partial charge in [0, 0.05) is 25.0 Å². The van der Waals surface area contributed by atoms with Crippen LogP contribution in [0.3, 0.4) is 0 Å². The molecule has 0 bridgehead atoms. The molecule has 1 aromatic rings. The molecule has 1 saturated heterocycles. The van der Waals surface area contributed by atoms with Crippen LogP contribution in [0.5, 0.6) is 0 Å². The monoisotopic (exact) mass is 338 g/mol. The third-order valence-electron chi connectivity index (χ3n) is 4.41. The van der Waals surface area contributed by atoms with Gasteiger partial charge in [0.25, 0.3) is 0 Å². The second kappa shape index (κ2) is 7.93. The molecule has 1 aromatic carbocycles. The van der Waals surface area contributed by atoms with Crippen molar-refractivity contribution >= 4 is 15.9 Å². The summed E-state index contributed by atoms with van der Waals surface area (Å²) in [5, 5.41) is 2.99. The molecule has 0 saturated carbocycles. The lowest BCUT2D eigenvalue weighted by atomic mass is 9.97. The first-order valence-electron chi connectivity index (χ1n) is 8.24. The number of nitrogens with one attached hydrogen (secondary N) is 1. The van der Waals surface area contributed by atoms with Crippen LogP contribution < -0.4 is 5.32 Å². The van der Waals surface area contributed by atoms with Crippen molar-refractivity contribution in [1.29, 1.82) is 0 Å². The molecule has 0 aliphatic carbocycles. The van der Waals surface area contributed by atoms with Crippen molar-refractivity contribution in [1.82, 2.24) is 9.62 Å². The molecule has 2 rings (SSSR count). The molecular formula is C17H26N2O3S. The first-order valence-corrected chi connectivity index (χ1v) is 9.85. The quantitative estimate of drug-likeness (QED) is 0.864. The van der Waals surface area contributed by atoms with E-state index in [1.807, 2.05) is 44.2 Å². The van der Waals surface area contributed by atoms with E-state index in [9.17, 15) is 13.2 Å². The molecule has 1 atom stereocenters. The first kappa shape index (κ1) is 17.9. The van der Waals surface area contributed by atoms with Crippen molar-refractivity contribution in [3.8, 4) is 0 Å². The van der Waals surface area contributed by atoms with Gasteiger partial charge in [-0.3, -0.25) is 4.79 Å². The smallest absolute Gasteiger partial charge is 0.223 e. The maximum absolute atomic E-state index is 12.5. The van der Waals surface area contributed by atoms with Gasteiger partial charge < -0.3 is 5.32 Å². The van der Waals surface area contributed by atoms with E-state index in [4.69, 9.17) is 0 Å². The summed E-state index contributed by atoms with van der Waals surface area (Å²) in [6.45, 7) is 4.86. The van der Waals surface area contributed by atoms with Gasteiger partial charge in [0.15, 0.2) is 0 Å². The molecule has 0 spiro atoms. The van der Waals surface area contributed by atoms with Crippen molar-refractivity contribution in [2.45, 2.75) is 44.9 Å². The maximum atomic E-state index is 12.5. The number of sulfonamides is 1. The van der Waals surface area contributed by atoms with Gasteiger partial charge in [-0.05, 0) is 31.7 Å². The van der Waals surface area contributed by atoms with E-state index >= 15 is 0 Å². The van der Waals surface area contributed by atoms with Gasteiger partial charge in [-0.2, -0.15) is 0 Å². The average molecular weight is 338 g/mol. The number of carbonyl (C=O) groups excluding carboxylic acids is 1. The van der Waals surface area contributed by atoms with Gasteiger partial charge in [-0.25, -0.2) is 12.7 Å². The molecule has 6 heteroatoms. The van der Waals surface area contributed by atoms with Gasteiger partial charge in [0.1, 0.15) is 0 Å². The van der Waals surface area contributed by atoms with Crippen LogP contribution in [-0.2, 0) is 20.6 Å².